The molecule has 27 heavy (non-hydrogen) atoms. The molecular formula is C18H21N7O2. The molecule has 0 fully saturated rings. The summed E-state index contributed by atoms with van der Waals surface area (Å²) in [4.78, 5) is 25.2. The van der Waals surface area contributed by atoms with E-state index < -0.39 is 4.92 Å². The van der Waals surface area contributed by atoms with Crippen LogP contribution >= 0.6 is 0 Å². The second-order valence-electron chi connectivity index (χ2n) is 6.07. The maximum absolute atomic E-state index is 11.7. The van der Waals surface area contributed by atoms with Gasteiger partial charge in [-0.05, 0) is 12.0 Å². The first-order valence-corrected chi connectivity index (χ1v) is 8.59. The van der Waals surface area contributed by atoms with Gasteiger partial charge in [-0.2, -0.15) is 0 Å². The lowest BCUT2D eigenvalue weighted by atomic mass is 10.2. The van der Waals surface area contributed by atoms with Crippen LogP contribution in [0.4, 0.5) is 17.3 Å². The fourth-order valence-corrected chi connectivity index (χ4v) is 2.77. The van der Waals surface area contributed by atoms with E-state index in [4.69, 9.17) is 0 Å². The lowest BCUT2D eigenvalue weighted by Crippen LogP contribution is -2.20. The minimum atomic E-state index is -0.435. The maximum Gasteiger partial charge on any atom is 0.353 e. The van der Waals surface area contributed by atoms with Gasteiger partial charge < -0.3 is 14.8 Å². The molecule has 0 saturated heterocycles. The average Bonchev–Trinajstić information content (AvgIpc) is 3.19. The average molecular weight is 367 g/mol. The summed E-state index contributed by atoms with van der Waals surface area (Å²) in [6.07, 6.45) is 7.47. The third-order valence-electron chi connectivity index (χ3n) is 4.05. The Hall–Kier alpha value is -3.49. The second-order valence-corrected chi connectivity index (χ2v) is 6.07. The predicted octanol–water partition coefficient (Wildman–Crippen LogP) is 2.72. The van der Waals surface area contributed by atoms with E-state index in [-0.39, 0.29) is 17.3 Å². The lowest BCUT2D eigenvalue weighted by molar-refractivity contribution is -0.383. The molecule has 0 unspecified atom stereocenters. The van der Waals surface area contributed by atoms with Crippen molar-refractivity contribution in [3.05, 3.63) is 71.1 Å². The molecule has 0 aliphatic carbocycles. The summed E-state index contributed by atoms with van der Waals surface area (Å²) < 4.78 is 1.95. The van der Waals surface area contributed by atoms with Crippen molar-refractivity contribution < 1.29 is 4.92 Å². The number of aryl methyl sites for hydroxylation is 1. The number of imidazole rings is 1. The molecule has 0 aliphatic heterocycles. The van der Waals surface area contributed by atoms with Crippen molar-refractivity contribution in [1.29, 1.82) is 0 Å². The molecule has 1 N–H and O–H groups in total. The molecule has 2 heterocycles. The number of rotatable bonds is 9. The minimum Gasteiger partial charge on any atom is -0.364 e. The maximum atomic E-state index is 11.7. The first-order chi connectivity index (χ1) is 13.1. The van der Waals surface area contributed by atoms with Gasteiger partial charge in [-0.1, -0.05) is 30.3 Å². The normalized spacial score (nSPS) is 10.6. The molecule has 9 heteroatoms. The van der Waals surface area contributed by atoms with E-state index in [0.717, 1.165) is 18.5 Å². The Balaban J connectivity index is 1.70. The molecule has 0 aliphatic rings. The molecule has 3 rings (SSSR count). The molecule has 9 nitrogen and oxygen atoms in total. The van der Waals surface area contributed by atoms with Crippen LogP contribution in [-0.4, -0.2) is 38.0 Å². The van der Waals surface area contributed by atoms with Crippen molar-refractivity contribution in [2.45, 2.75) is 19.5 Å². The highest BCUT2D eigenvalue weighted by Crippen LogP contribution is 2.31. The van der Waals surface area contributed by atoms with Crippen LogP contribution in [0.15, 0.2) is 55.4 Å². The highest BCUT2D eigenvalue weighted by atomic mass is 16.6. The van der Waals surface area contributed by atoms with Gasteiger partial charge in [-0.3, -0.25) is 10.1 Å². The largest absolute Gasteiger partial charge is 0.364 e. The topological polar surface area (TPSA) is 102 Å². The van der Waals surface area contributed by atoms with Gasteiger partial charge in [0.2, 0.25) is 11.6 Å². The van der Waals surface area contributed by atoms with E-state index >= 15 is 0 Å². The Morgan fingerprint density at radius 2 is 2.07 bits per heavy atom. The van der Waals surface area contributed by atoms with E-state index in [2.05, 4.69) is 20.3 Å². The third-order valence-corrected chi connectivity index (χ3v) is 4.05. The summed E-state index contributed by atoms with van der Waals surface area (Å²) in [5.41, 5.74) is 0.932. The number of hydrogen-bond donors (Lipinski definition) is 1. The second kappa shape index (κ2) is 8.75. The van der Waals surface area contributed by atoms with Crippen LogP contribution in [0.1, 0.15) is 12.0 Å². The molecule has 3 aromatic rings. The van der Waals surface area contributed by atoms with Gasteiger partial charge in [0.15, 0.2) is 0 Å². The van der Waals surface area contributed by atoms with Crippen molar-refractivity contribution >= 4 is 17.3 Å². The molecular weight excluding hydrogens is 346 g/mol. The van der Waals surface area contributed by atoms with E-state index in [1.54, 1.807) is 24.5 Å². The van der Waals surface area contributed by atoms with Crippen molar-refractivity contribution in [2.75, 3.05) is 23.8 Å². The van der Waals surface area contributed by atoms with Crippen LogP contribution in [0, 0.1) is 10.1 Å². The number of nitrogens with zero attached hydrogens (tertiary/aromatic N) is 6. The standard InChI is InChI=1S/C18H21N7O2/c1-23(12-15-6-3-2-4-7-15)18-16(25(26)27)17(21-13-22-18)20-8-5-10-24-11-9-19-14-24/h2-4,6-7,9,11,13-14H,5,8,10,12H2,1H3,(H,20,21,22). The van der Waals surface area contributed by atoms with Crippen LogP contribution in [0.5, 0.6) is 0 Å². The summed E-state index contributed by atoms with van der Waals surface area (Å²) in [5.74, 6) is 0.520. The number of benzene rings is 1. The monoisotopic (exact) mass is 367 g/mol. The summed E-state index contributed by atoms with van der Waals surface area (Å²) in [6, 6.07) is 9.75. The van der Waals surface area contributed by atoms with Crippen molar-refractivity contribution in [3.63, 3.8) is 0 Å². The summed E-state index contributed by atoms with van der Waals surface area (Å²) in [6.45, 7) is 1.84. The number of nitrogens with one attached hydrogen (secondary N) is 1. The van der Waals surface area contributed by atoms with Gasteiger partial charge in [0, 0.05) is 39.1 Å². The predicted molar refractivity (Wildman–Crippen MR) is 103 cm³/mol. The van der Waals surface area contributed by atoms with Crippen LogP contribution < -0.4 is 10.2 Å². The number of aromatic nitrogens is 4. The molecule has 2 aromatic heterocycles. The molecule has 0 bridgehead atoms. The zero-order valence-corrected chi connectivity index (χ0v) is 15.0. The first kappa shape index (κ1) is 18.3. The van der Waals surface area contributed by atoms with Crippen LogP contribution in [0.2, 0.25) is 0 Å². The highest BCUT2D eigenvalue weighted by Gasteiger charge is 2.25. The summed E-state index contributed by atoms with van der Waals surface area (Å²) >= 11 is 0. The van der Waals surface area contributed by atoms with Gasteiger partial charge in [0.05, 0.1) is 11.3 Å². The van der Waals surface area contributed by atoms with Crippen LogP contribution in [0.25, 0.3) is 0 Å². The highest BCUT2D eigenvalue weighted by molar-refractivity contribution is 5.70. The molecule has 0 amide bonds. The van der Waals surface area contributed by atoms with Crippen LogP contribution in [0.3, 0.4) is 0 Å². The van der Waals surface area contributed by atoms with E-state index in [0.29, 0.717) is 13.1 Å². The van der Waals surface area contributed by atoms with Crippen molar-refractivity contribution in [3.8, 4) is 0 Å². The molecule has 1 aromatic carbocycles. The quantitative estimate of drug-likeness (QED) is 0.352. The first-order valence-electron chi connectivity index (χ1n) is 8.59. The number of hydrogen-bond acceptors (Lipinski definition) is 7. The molecule has 0 spiro atoms. The van der Waals surface area contributed by atoms with E-state index in [1.165, 1.54) is 6.33 Å². The Morgan fingerprint density at radius 3 is 2.78 bits per heavy atom. The minimum absolute atomic E-state index is 0.112. The molecule has 0 atom stereocenters. The number of anilines is 2. The van der Waals surface area contributed by atoms with Gasteiger partial charge in [-0.15, -0.1) is 0 Å². The third kappa shape index (κ3) is 4.78. The lowest BCUT2D eigenvalue weighted by Gasteiger charge is -2.19. The Labute approximate surface area is 156 Å². The zero-order valence-electron chi connectivity index (χ0n) is 15.0. The fourth-order valence-electron chi connectivity index (χ4n) is 2.77. The number of nitro groups is 1. The van der Waals surface area contributed by atoms with E-state index in [1.807, 2.05) is 41.1 Å². The SMILES string of the molecule is CN(Cc1ccccc1)c1ncnc(NCCCn2ccnc2)c1[N+](=O)[O-]. The van der Waals surface area contributed by atoms with Gasteiger partial charge in [0.25, 0.3) is 0 Å². The molecule has 0 radical (unpaired) electrons. The van der Waals surface area contributed by atoms with Gasteiger partial charge in [0.1, 0.15) is 6.33 Å². The molecule has 0 saturated carbocycles. The Morgan fingerprint density at radius 1 is 1.26 bits per heavy atom. The molecule has 140 valence electrons. The summed E-state index contributed by atoms with van der Waals surface area (Å²) in [5, 5.41) is 14.7. The van der Waals surface area contributed by atoms with Gasteiger partial charge in [-0.25, -0.2) is 15.0 Å². The fraction of sp³-hybridized carbons (Fsp3) is 0.278. The van der Waals surface area contributed by atoms with Crippen LogP contribution in [-0.2, 0) is 13.1 Å². The summed E-state index contributed by atoms with van der Waals surface area (Å²) in [7, 11) is 1.78. The smallest absolute Gasteiger partial charge is 0.353 e. The Bertz CT molecular complexity index is 869. The van der Waals surface area contributed by atoms with E-state index in [9.17, 15) is 10.1 Å². The van der Waals surface area contributed by atoms with Crippen molar-refractivity contribution in [1.82, 2.24) is 19.5 Å². The van der Waals surface area contributed by atoms with Crippen molar-refractivity contribution in [2.24, 2.45) is 0 Å². The van der Waals surface area contributed by atoms with Gasteiger partial charge >= 0.3 is 5.69 Å². The Kier molecular flexibility index (Phi) is 5.93. The zero-order chi connectivity index (χ0) is 19.1.